The van der Waals surface area contributed by atoms with E-state index in [0.717, 1.165) is 29.9 Å². The highest BCUT2D eigenvalue weighted by atomic mass is 15.1. The topological polar surface area (TPSA) is 30.7 Å². The maximum Gasteiger partial charge on any atom is 0.142 e. The van der Waals surface area contributed by atoms with Gasteiger partial charge in [0, 0.05) is 24.5 Å². The highest BCUT2D eigenvalue weighted by molar-refractivity contribution is 5.80. The number of hydrogen-bond donors (Lipinski definition) is 0. The van der Waals surface area contributed by atoms with Gasteiger partial charge in [-0.25, -0.2) is 4.98 Å². The summed E-state index contributed by atoms with van der Waals surface area (Å²) in [5, 5.41) is 0. The van der Waals surface area contributed by atoms with E-state index < -0.39 is 0 Å². The third-order valence-corrected chi connectivity index (χ3v) is 3.50. The molecule has 0 bridgehead atoms. The van der Waals surface area contributed by atoms with Crippen LogP contribution in [0.3, 0.4) is 0 Å². The Morgan fingerprint density at radius 1 is 1.10 bits per heavy atom. The molecule has 0 N–H and O–H groups in total. The number of imidazole rings is 1. The van der Waals surface area contributed by atoms with Crippen molar-refractivity contribution in [2.45, 2.75) is 26.8 Å². The Labute approximate surface area is 119 Å². The quantitative estimate of drug-likeness (QED) is 0.709. The van der Waals surface area contributed by atoms with Crippen LogP contribution in [0.15, 0.2) is 48.8 Å². The summed E-state index contributed by atoms with van der Waals surface area (Å²) in [6, 6.07) is 12.4. The lowest BCUT2D eigenvalue weighted by atomic mass is 10.1. The molecule has 20 heavy (non-hydrogen) atoms. The molecule has 0 fully saturated rings. The molecule has 0 unspecified atom stereocenters. The second-order valence-electron chi connectivity index (χ2n) is 5.50. The molecular weight excluding hydrogens is 246 g/mol. The van der Waals surface area contributed by atoms with Gasteiger partial charge in [-0.1, -0.05) is 26.0 Å². The van der Waals surface area contributed by atoms with Crippen LogP contribution < -0.4 is 0 Å². The minimum atomic E-state index is 0.679. The maximum absolute atomic E-state index is 4.78. The molecule has 0 saturated heterocycles. The monoisotopic (exact) mass is 265 g/mol. The number of para-hydroxylation sites is 2. The molecule has 0 spiro atoms. The van der Waals surface area contributed by atoms with Gasteiger partial charge in [-0.2, -0.15) is 0 Å². The molecule has 0 atom stereocenters. The van der Waals surface area contributed by atoms with Crippen LogP contribution in [0.4, 0.5) is 0 Å². The van der Waals surface area contributed by atoms with Gasteiger partial charge in [0.05, 0.1) is 11.0 Å². The third kappa shape index (κ3) is 2.44. The lowest BCUT2D eigenvalue weighted by Gasteiger charge is -2.10. The average molecular weight is 265 g/mol. The molecule has 3 heteroatoms. The summed E-state index contributed by atoms with van der Waals surface area (Å²) < 4.78 is 2.31. The zero-order chi connectivity index (χ0) is 13.9. The first-order chi connectivity index (χ1) is 9.75. The Kier molecular flexibility index (Phi) is 3.50. The summed E-state index contributed by atoms with van der Waals surface area (Å²) in [5.41, 5.74) is 3.33. The Bertz CT molecular complexity index is 699. The molecule has 0 radical (unpaired) electrons. The molecule has 0 saturated carbocycles. The summed E-state index contributed by atoms with van der Waals surface area (Å²) in [6.45, 7) is 5.49. The van der Waals surface area contributed by atoms with E-state index in [-0.39, 0.29) is 0 Å². The van der Waals surface area contributed by atoms with Crippen molar-refractivity contribution in [3.05, 3.63) is 48.8 Å². The zero-order valence-corrected chi connectivity index (χ0v) is 12.0. The number of fused-ring (bicyclic) bond motifs is 1. The normalized spacial score (nSPS) is 11.3. The largest absolute Gasteiger partial charge is 0.324 e. The van der Waals surface area contributed by atoms with Gasteiger partial charge in [0.2, 0.25) is 0 Å². The Morgan fingerprint density at radius 2 is 1.95 bits per heavy atom. The molecule has 0 amide bonds. The molecule has 0 aliphatic rings. The first-order valence-electron chi connectivity index (χ1n) is 7.11. The van der Waals surface area contributed by atoms with Crippen LogP contribution >= 0.6 is 0 Å². The van der Waals surface area contributed by atoms with Gasteiger partial charge in [-0.3, -0.25) is 4.98 Å². The van der Waals surface area contributed by atoms with Crippen molar-refractivity contribution < 1.29 is 0 Å². The smallest absolute Gasteiger partial charge is 0.142 e. The predicted molar refractivity (Wildman–Crippen MR) is 82.4 cm³/mol. The fourth-order valence-electron chi connectivity index (χ4n) is 2.40. The van der Waals surface area contributed by atoms with Gasteiger partial charge in [0.25, 0.3) is 0 Å². The SMILES string of the molecule is CC(C)CCn1c(-c2cccnc2)nc2ccccc21. The van der Waals surface area contributed by atoms with Crippen molar-refractivity contribution >= 4 is 11.0 Å². The van der Waals surface area contributed by atoms with Crippen molar-refractivity contribution in [3.63, 3.8) is 0 Å². The van der Waals surface area contributed by atoms with Crippen LogP contribution in [-0.2, 0) is 6.54 Å². The van der Waals surface area contributed by atoms with E-state index in [4.69, 9.17) is 4.98 Å². The van der Waals surface area contributed by atoms with Gasteiger partial charge < -0.3 is 4.57 Å². The molecule has 0 aliphatic heterocycles. The highest BCUT2D eigenvalue weighted by Gasteiger charge is 2.12. The number of nitrogens with zero attached hydrogens (tertiary/aromatic N) is 3. The van der Waals surface area contributed by atoms with E-state index in [1.165, 1.54) is 5.52 Å². The van der Waals surface area contributed by atoms with Gasteiger partial charge in [-0.05, 0) is 36.6 Å². The van der Waals surface area contributed by atoms with Gasteiger partial charge in [-0.15, -0.1) is 0 Å². The predicted octanol–water partition coefficient (Wildman–Crippen LogP) is 4.14. The summed E-state index contributed by atoms with van der Waals surface area (Å²) in [5.74, 6) is 1.69. The lowest BCUT2D eigenvalue weighted by Crippen LogP contribution is -2.03. The number of aromatic nitrogens is 3. The first-order valence-corrected chi connectivity index (χ1v) is 7.11. The van der Waals surface area contributed by atoms with Crippen LogP contribution in [0.1, 0.15) is 20.3 Å². The molecule has 2 heterocycles. The highest BCUT2D eigenvalue weighted by Crippen LogP contribution is 2.25. The Hall–Kier alpha value is -2.16. The number of rotatable bonds is 4. The van der Waals surface area contributed by atoms with Crippen molar-refractivity contribution in [3.8, 4) is 11.4 Å². The number of pyridine rings is 1. The van der Waals surface area contributed by atoms with Crippen LogP contribution in [-0.4, -0.2) is 14.5 Å². The summed E-state index contributed by atoms with van der Waals surface area (Å²) in [7, 11) is 0. The molecular formula is C17H19N3. The average Bonchev–Trinajstić information content (AvgIpc) is 2.84. The molecule has 1 aromatic carbocycles. The molecule has 3 aromatic rings. The summed E-state index contributed by atoms with van der Waals surface area (Å²) in [4.78, 5) is 9.00. The van der Waals surface area contributed by atoms with Crippen molar-refractivity contribution in [2.75, 3.05) is 0 Å². The second-order valence-corrected chi connectivity index (χ2v) is 5.50. The van der Waals surface area contributed by atoms with E-state index in [1.807, 2.05) is 18.3 Å². The van der Waals surface area contributed by atoms with E-state index in [2.05, 4.69) is 47.7 Å². The molecule has 102 valence electrons. The standard InChI is InChI=1S/C17H19N3/c1-13(2)9-11-20-16-8-4-3-7-15(16)19-17(20)14-6-5-10-18-12-14/h3-8,10,12-13H,9,11H2,1-2H3. The minimum absolute atomic E-state index is 0.679. The summed E-state index contributed by atoms with van der Waals surface area (Å²) >= 11 is 0. The zero-order valence-electron chi connectivity index (χ0n) is 12.0. The second kappa shape index (κ2) is 5.45. The third-order valence-electron chi connectivity index (χ3n) is 3.50. The molecule has 3 rings (SSSR count). The maximum atomic E-state index is 4.78. The van der Waals surface area contributed by atoms with Crippen molar-refractivity contribution in [1.29, 1.82) is 0 Å². The number of benzene rings is 1. The lowest BCUT2D eigenvalue weighted by molar-refractivity contribution is 0.525. The van der Waals surface area contributed by atoms with Crippen molar-refractivity contribution in [1.82, 2.24) is 14.5 Å². The fourth-order valence-corrected chi connectivity index (χ4v) is 2.40. The van der Waals surface area contributed by atoms with E-state index >= 15 is 0 Å². The van der Waals surface area contributed by atoms with Crippen LogP contribution in [0.2, 0.25) is 0 Å². The molecule has 3 nitrogen and oxygen atoms in total. The van der Waals surface area contributed by atoms with Crippen molar-refractivity contribution in [2.24, 2.45) is 5.92 Å². The molecule has 0 aliphatic carbocycles. The van der Waals surface area contributed by atoms with E-state index in [1.54, 1.807) is 6.20 Å². The Morgan fingerprint density at radius 3 is 2.70 bits per heavy atom. The van der Waals surface area contributed by atoms with Gasteiger partial charge in [0.1, 0.15) is 5.82 Å². The number of aryl methyl sites for hydroxylation is 1. The minimum Gasteiger partial charge on any atom is -0.324 e. The van der Waals surface area contributed by atoms with Crippen LogP contribution in [0, 0.1) is 5.92 Å². The van der Waals surface area contributed by atoms with Gasteiger partial charge >= 0.3 is 0 Å². The summed E-state index contributed by atoms with van der Waals surface area (Å²) in [6.07, 6.45) is 4.82. The van der Waals surface area contributed by atoms with E-state index in [0.29, 0.717) is 5.92 Å². The first kappa shape index (κ1) is 12.9. The van der Waals surface area contributed by atoms with Crippen LogP contribution in [0.25, 0.3) is 22.4 Å². The molecule has 2 aromatic heterocycles. The fraction of sp³-hybridized carbons (Fsp3) is 0.294. The Balaban J connectivity index is 2.12. The van der Waals surface area contributed by atoms with Crippen LogP contribution in [0.5, 0.6) is 0 Å². The van der Waals surface area contributed by atoms with E-state index in [9.17, 15) is 0 Å². The number of hydrogen-bond acceptors (Lipinski definition) is 2. The van der Waals surface area contributed by atoms with Gasteiger partial charge in [0.15, 0.2) is 0 Å².